The summed E-state index contributed by atoms with van der Waals surface area (Å²) in [6.07, 6.45) is 0.783. The summed E-state index contributed by atoms with van der Waals surface area (Å²) in [5.41, 5.74) is 1.04. The lowest BCUT2D eigenvalue weighted by Gasteiger charge is -2.28. The first-order chi connectivity index (χ1) is 13.7. The molecule has 4 rings (SSSR count). The van der Waals surface area contributed by atoms with Crippen molar-refractivity contribution in [3.05, 3.63) is 126 Å². The third-order valence-electron chi connectivity index (χ3n) is 4.99. The smallest absolute Gasteiger partial charge is 0.141 e. The van der Waals surface area contributed by atoms with Crippen molar-refractivity contribution in [3.8, 4) is 0 Å². The zero-order chi connectivity index (χ0) is 19.4. The van der Waals surface area contributed by atoms with Crippen LogP contribution < -0.4 is 32.9 Å². The molecule has 0 aromatic heterocycles. The van der Waals surface area contributed by atoms with Crippen LogP contribution in [-0.4, -0.2) is 0 Å². The van der Waals surface area contributed by atoms with Crippen molar-refractivity contribution in [2.75, 3.05) is 0 Å². The van der Waals surface area contributed by atoms with Crippen molar-refractivity contribution in [2.24, 2.45) is 0 Å². The summed E-state index contributed by atoms with van der Waals surface area (Å²) in [7, 11) is -1.99. The van der Waals surface area contributed by atoms with Gasteiger partial charge in [-0.1, -0.05) is 72.3 Å². The largest absolute Gasteiger partial charge is 1.00 e. The second kappa shape index (κ2) is 9.67. The molecule has 4 aromatic carbocycles. The Kier molecular flexibility index (Phi) is 7.24. The molecule has 0 saturated heterocycles. The van der Waals surface area contributed by atoms with E-state index in [1.54, 1.807) is 6.07 Å². The van der Waals surface area contributed by atoms with Gasteiger partial charge in [-0.05, 0) is 54.1 Å². The zero-order valence-electron chi connectivity index (χ0n) is 15.7. The summed E-state index contributed by atoms with van der Waals surface area (Å²) in [4.78, 5) is 0. The fourth-order valence-electron chi connectivity index (χ4n) is 3.68. The summed E-state index contributed by atoms with van der Waals surface area (Å²) in [5.74, 6) is -0.381. The average molecular weight is 486 g/mol. The lowest BCUT2D eigenvalue weighted by Crippen LogP contribution is -3.00. The van der Waals surface area contributed by atoms with Crippen LogP contribution in [0.1, 0.15) is 5.56 Å². The first kappa shape index (κ1) is 21.7. The van der Waals surface area contributed by atoms with Crippen LogP contribution in [0.5, 0.6) is 0 Å². The topological polar surface area (TPSA) is 0 Å². The van der Waals surface area contributed by atoms with E-state index in [1.807, 2.05) is 24.3 Å². The molecule has 0 nitrogen and oxygen atoms in total. The van der Waals surface area contributed by atoms with Gasteiger partial charge in [-0.3, -0.25) is 0 Å². The molecule has 0 bridgehead atoms. The first-order valence-electron chi connectivity index (χ1n) is 9.19. The maximum atomic E-state index is 13.8. The number of rotatable bonds is 5. The summed E-state index contributed by atoms with van der Waals surface area (Å²) in [6, 6.07) is 37.0. The highest BCUT2D eigenvalue weighted by Crippen LogP contribution is 2.58. The molecule has 0 saturated carbocycles. The second-order valence-corrected chi connectivity index (χ2v) is 10.6. The van der Waals surface area contributed by atoms with Gasteiger partial charge in [-0.25, -0.2) is 4.39 Å². The summed E-state index contributed by atoms with van der Waals surface area (Å²) in [6.45, 7) is 0. The summed E-state index contributed by atoms with van der Waals surface area (Å²) < 4.78 is 13.8. The molecule has 146 valence electrons. The zero-order valence-corrected chi connectivity index (χ0v) is 18.9. The van der Waals surface area contributed by atoms with E-state index < -0.39 is 7.26 Å². The maximum absolute atomic E-state index is 13.8. The summed E-state index contributed by atoms with van der Waals surface area (Å²) in [5, 5.41) is 4.07. The SMILES string of the molecule is Fc1ccc(C[P+](c2ccccc2)(c2ccccc2)c2ccccc2)cc1Cl.[Br-]. The number of halogens is 3. The van der Waals surface area contributed by atoms with Crippen LogP contribution in [0.4, 0.5) is 4.39 Å². The van der Waals surface area contributed by atoms with Crippen molar-refractivity contribution in [3.63, 3.8) is 0 Å². The van der Waals surface area contributed by atoms with Crippen LogP contribution >= 0.6 is 18.9 Å². The van der Waals surface area contributed by atoms with Crippen LogP contribution in [0, 0.1) is 5.82 Å². The molecule has 0 aliphatic heterocycles. The van der Waals surface area contributed by atoms with Crippen molar-refractivity contribution in [1.29, 1.82) is 0 Å². The standard InChI is InChI=1S/C25H20ClFP.BrH/c26-24-18-20(16-17-25(24)27)19-28(21-10-4-1-5-11-21,22-12-6-2-7-13-22)23-14-8-3-9-15-23;/h1-18H,19H2;1H/q+1;/p-1. The number of benzene rings is 4. The second-order valence-electron chi connectivity index (χ2n) is 6.72. The van der Waals surface area contributed by atoms with Gasteiger partial charge in [-0.15, -0.1) is 0 Å². The van der Waals surface area contributed by atoms with Gasteiger partial charge < -0.3 is 17.0 Å². The van der Waals surface area contributed by atoms with Gasteiger partial charge in [0.05, 0.1) is 11.2 Å². The van der Waals surface area contributed by atoms with Gasteiger partial charge >= 0.3 is 0 Å². The Labute approximate surface area is 187 Å². The predicted molar refractivity (Wildman–Crippen MR) is 120 cm³/mol. The van der Waals surface area contributed by atoms with E-state index in [9.17, 15) is 4.39 Å². The van der Waals surface area contributed by atoms with Crippen molar-refractivity contribution < 1.29 is 21.4 Å². The minimum Gasteiger partial charge on any atom is -1.00 e. The van der Waals surface area contributed by atoms with E-state index in [1.165, 1.54) is 22.0 Å². The molecule has 0 aliphatic rings. The van der Waals surface area contributed by atoms with Crippen molar-refractivity contribution in [1.82, 2.24) is 0 Å². The Morgan fingerprint density at radius 3 is 1.41 bits per heavy atom. The molecule has 0 heterocycles. The van der Waals surface area contributed by atoms with Gasteiger partial charge in [0, 0.05) is 0 Å². The fourth-order valence-corrected chi connectivity index (χ4v) is 8.11. The molecule has 0 unspecified atom stereocenters. The molecule has 0 atom stereocenters. The maximum Gasteiger partial charge on any atom is 0.141 e. The highest BCUT2D eigenvalue weighted by Gasteiger charge is 2.45. The van der Waals surface area contributed by atoms with E-state index >= 15 is 0 Å². The molecule has 4 heteroatoms. The molecule has 0 radical (unpaired) electrons. The van der Waals surface area contributed by atoms with Gasteiger partial charge in [-0.2, -0.15) is 0 Å². The number of hydrogen-bond acceptors (Lipinski definition) is 0. The lowest BCUT2D eigenvalue weighted by molar-refractivity contribution is -0.00000593. The Morgan fingerprint density at radius 1 is 0.621 bits per heavy atom. The highest BCUT2D eigenvalue weighted by molar-refractivity contribution is 7.95. The molecule has 0 amide bonds. The van der Waals surface area contributed by atoms with Crippen LogP contribution in [-0.2, 0) is 6.16 Å². The first-order valence-corrected chi connectivity index (χ1v) is 11.5. The van der Waals surface area contributed by atoms with Crippen molar-refractivity contribution in [2.45, 2.75) is 6.16 Å². The normalized spacial score (nSPS) is 11.0. The van der Waals surface area contributed by atoms with Gasteiger partial charge in [0.25, 0.3) is 0 Å². The van der Waals surface area contributed by atoms with Gasteiger partial charge in [0.2, 0.25) is 0 Å². The Bertz CT molecular complexity index is 959. The Morgan fingerprint density at radius 2 is 1.03 bits per heavy atom. The average Bonchev–Trinajstić information content (AvgIpc) is 2.76. The molecular weight excluding hydrogens is 466 g/mol. The minimum atomic E-state index is -1.99. The van der Waals surface area contributed by atoms with Crippen molar-refractivity contribution >= 4 is 34.8 Å². The van der Waals surface area contributed by atoms with Gasteiger partial charge in [0.1, 0.15) is 29.0 Å². The molecule has 4 aromatic rings. The Hall–Kier alpha value is -1.99. The third kappa shape index (κ3) is 4.46. The third-order valence-corrected chi connectivity index (χ3v) is 9.66. The molecule has 0 aliphatic carbocycles. The van der Waals surface area contributed by atoms with Crippen LogP contribution in [0.2, 0.25) is 5.02 Å². The molecular formula is C25H20BrClFP. The predicted octanol–water partition coefficient (Wildman–Crippen LogP) is 2.98. The quantitative estimate of drug-likeness (QED) is 0.381. The fraction of sp³-hybridized carbons (Fsp3) is 0.0400. The van der Waals surface area contributed by atoms with E-state index in [2.05, 4.69) is 72.8 Å². The monoisotopic (exact) mass is 484 g/mol. The lowest BCUT2D eigenvalue weighted by atomic mass is 10.2. The van der Waals surface area contributed by atoms with Crippen LogP contribution in [0.3, 0.4) is 0 Å². The summed E-state index contributed by atoms with van der Waals surface area (Å²) >= 11 is 6.12. The van der Waals surface area contributed by atoms with Gasteiger partial charge in [0.15, 0.2) is 0 Å². The number of hydrogen-bond donors (Lipinski definition) is 0. The Balaban J connectivity index is 0.00000240. The molecule has 0 N–H and O–H groups in total. The molecule has 0 fully saturated rings. The minimum absolute atomic E-state index is 0. The van der Waals surface area contributed by atoms with Crippen LogP contribution in [0.15, 0.2) is 109 Å². The molecule has 0 spiro atoms. The van der Waals surface area contributed by atoms with E-state index in [4.69, 9.17) is 11.6 Å². The van der Waals surface area contributed by atoms with Crippen LogP contribution in [0.25, 0.3) is 0 Å². The van der Waals surface area contributed by atoms with E-state index in [0.29, 0.717) is 0 Å². The van der Waals surface area contributed by atoms with E-state index in [-0.39, 0.29) is 27.8 Å². The van der Waals surface area contributed by atoms with E-state index in [0.717, 1.165) is 11.7 Å². The highest BCUT2D eigenvalue weighted by atomic mass is 79.9. The molecule has 29 heavy (non-hydrogen) atoms.